The van der Waals surface area contributed by atoms with Crippen LogP contribution in [0.1, 0.15) is 26.2 Å². The van der Waals surface area contributed by atoms with E-state index in [0.717, 1.165) is 25.0 Å². The Labute approximate surface area is 107 Å². The van der Waals surface area contributed by atoms with Crippen molar-refractivity contribution in [3.05, 3.63) is 0 Å². The van der Waals surface area contributed by atoms with E-state index in [-0.39, 0.29) is 23.7 Å². The molecule has 0 unspecified atom stereocenters. The summed E-state index contributed by atoms with van der Waals surface area (Å²) in [6.45, 7) is 3.34. The van der Waals surface area contributed by atoms with Crippen LogP contribution in [0, 0.1) is 5.92 Å². The molecule has 2 rings (SSSR count). The Morgan fingerprint density at radius 3 is 2.88 bits per heavy atom. The van der Waals surface area contributed by atoms with E-state index >= 15 is 0 Å². The van der Waals surface area contributed by atoms with Gasteiger partial charge in [0.15, 0.2) is 5.79 Å². The quantitative estimate of drug-likeness (QED) is 0.829. The van der Waals surface area contributed by atoms with Crippen LogP contribution >= 0.6 is 11.8 Å². The van der Waals surface area contributed by atoms with Gasteiger partial charge in [0.25, 0.3) is 0 Å². The van der Waals surface area contributed by atoms with Gasteiger partial charge in [0.2, 0.25) is 5.91 Å². The van der Waals surface area contributed by atoms with Crippen molar-refractivity contribution in [1.29, 1.82) is 0 Å². The van der Waals surface area contributed by atoms with Gasteiger partial charge in [-0.1, -0.05) is 6.92 Å². The molecule has 1 aliphatic carbocycles. The van der Waals surface area contributed by atoms with Crippen LogP contribution in [0.15, 0.2) is 0 Å². The van der Waals surface area contributed by atoms with Crippen LogP contribution in [0.4, 0.5) is 0 Å². The highest BCUT2D eigenvalue weighted by molar-refractivity contribution is 7.98. The smallest absolute Gasteiger partial charge is 0.223 e. The van der Waals surface area contributed by atoms with Crippen molar-refractivity contribution in [3.8, 4) is 0 Å². The number of rotatable bonds is 4. The molecule has 2 fully saturated rings. The number of carbonyl (C=O) groups excluding carboxylic acids is 1. The van der Waals surface area contributed by atoms with Crippen LogP contribution < -0.4 is 5.32 Å². The van der Waals surface area contributed by atoms with Gasteiger partial charge >= 0.3 is 0 Å². The van der Waals surface area contributed by atoms with Gasteiger partial charge in [0.1, 0.15) is 0 Å². The minimum Gasteiger partial charge on any atom is -0.353 e. The molecule has 1 spiro atoms. The van der Waals surface area contributed by atoms with Crippen LogP contribution in [-0.2, 0) is 14.3 Å². The average Bonchev–Trinajstić information content (AvgIpc) is 2.90. The third kappa shape index (κ3) is 3.14. The lowest BCUT2D eigenvalue weighted by Crippen LogP contribution is -2.39. The Hall–Kier alpha value is -0.260. The van der Waals surface area contributed by atoms with Gasteiger partial charge in [0, 0.05) is 30.6 Å². The van der Waals surface area contributed by atoms with Gasteiger partial charge in [-0.2, -0.15) is 11.8 Å². The fourth-order valence-corrected chi connectivity index (χ4v) is 3.18. The average molecular weight is 259 g/mol. The molecule has 0 radical (unpaired) electrons. The van der Waals surface area contributed by atoms with Crippen LogP contribution in [-0.4, -0.2) is 43.0 Å². The van der Waals surface area contributed by atoms with Crippen LogP contribution in [0.2, 0.25) is 0 Å². The molecule has 4 nitrogen and oxygen atoms in total. The van der Waals surface area contributed by atoms with E-state index < -0.39 is 0 Å². The number of amides is 1. The van der Waals surface area contributed by atoms with Crippen LogP contribution in [0.3, 0.4) is 0 Å². The predicted octanol–water partition coefficient (Wildman–Crippen LogP) is 1.40. The van der Waals surface area contributed by atoms with Crippen molar-refractivity contribution < 1.29 is 14.3 Å². The minimum atomic E-state index is -0.388. The molecule has 0 aromatic carbocycles. The highest BCUT2D eigenvalue weighted by atomic mass is 32.2. The lowest BCUT2D eigenvalue weighted by atomic mass is 10.1. The second-order valence-corrected chi connectivity index (χ2v) is 5.82. The molecule has 1 amide bonds. The molecule has 2 atom stereocenters. The molecule has 17 heavy (non-hydrogen) atoms. The number of thioether (sulfide) groups is 1. The van der Waals surface area contributed by atoms with Gasteiger partial charge in [-0.05, 0) is 12.7 Å². The van der Waals surface area contributed by atoms with E-state index in [1.807, 2.05) is 13.2 Å². The summed E-state index contributed by atoms with van der Waals surface area (Å²) in [5.41, 5.74) is 0. The zero-order valence-corrected chi connectivity index (χ0v) is 11.3. The first-order valence-corrected chi connectivity index (χ1v) is 7.62. The summed E-state index contributed by atoms with van der Waals surface area (Å²) in [4.78, 5) is 11.9. The number of nitrogens with one attached hydrogen (secondary N) is 1. The Morgan fingerprint density at radius 1 is 1.53 bits per heavy atom. The van der Waals surface area contributed by atoms with E-state index in [1.165, 1.54) is 0 Å². The summed E-state index contributed by atoms with van der Waals surface area (Å²) in [5, 5.41) is 3.10. The fourth-order valence-electron chi connectivity index (χ4n) is 2.53. The van der Waals surface area contributed by atoms with Gasteiger partial charge in [-0.25, -0.2) is 0 Å². The summed E-state index contributed by atoms with van der Waals surface area (Å²) in [6.07, 6.45) is 4.67. The Morgan fingerprint density at radius 2 is 2.24 bits per heavy atom. The van der Waals surface area contributed by atoms with Crippen molar-refractivity contribution in [3.63, 3.8) is 0 Å². The van der Waals surface area contributed by atoms with Gasteiger partial charge in [-0.15, -0.1) is 0 Å². The van der Waals surface area contributed by atoms with E-state index in [0.29, 0.717) is 13.2 Å². The molecule has 5 heteroatoms. The maximum atomic E-state index is 11.9. The van der Waals surface area contributed by atoms with E-state index in [1.54, 1.807) is 11.8 Å². The number of ether oxygens (including phenoxy) is 2. The maximum absolute atomic E-state index is 11.9. The summed E-state index contributed by atoms with van der Waals surface area (Å²) in [5.74, 6) is 0.712. The summed E-state index contributed by atoms with van der Waals surface area (Å²) < 4.78 is 11.3. The lowest BCUT2D eigenvalue weighted by molar-refractivity contribution is -0.151. The molecule has 0 aromatic rings. The molecule has 98 valence electrons. The molecule has 1 heterocycles. The summed E-state index contributed by atoms with van der Waals surface area (Å²) >= 11 is 1.70. The molecule has 1 saturated heterocycles. The molecule has 0 aromatic heterocycles. The minimum absolute atomic E-state index is 0.0759. The van der Waals surface area contributed by atoms with Crippen molar-refractivity contribution in [1.82, 2.24) is 5.32 Å². The van der Waals surface area contributed by atoms with Crippen molar-refractivity contribution in [2.24, 2.45) is 5.92 Å². The predicted molar refractivity (Wildman–Crippen MR) is 68.0 cm³/mol. The van der Waals surface area contributed by atoms with Gasteiger partial charge < -0.3 is 14.8 Å². The van der Waals surface area contributed by atoms with E-state index in [2.05, 4.69) is 5.32 Å². The third-order valence-electron chi connectivity index (χ3n) is 3.46. The maximum Gasteiger partial charge on any atom is 0.223 e. The molecule has 0 bridgehead atoms. The van der Waals surface area contributed by atoms with Gasteiger partial charge in [-0.3, -0.25) is 4.79 Å². The molecule has 1 saturated carbocycles. The molecule has 1 N–H and O–H groups in total. The monoisotopic (exact) mass is 259 g/mol. The fraction of sp³-hybridized carbons (Fsp3) is 0.917. The normalized spacial score (nSPS) is 28.5. The Kier molecular flexibility index (Phi) is 4.33. The molecular weight excluding hydrogens is 238 g/mol. The lowest BCUT2D eigenvalue weighted by Gasteiger charge is -2.22. The zero-order valence-electron chi connectivity index (χ0n) is 10.5. The summed E-state index contributed by atoms with van der Waals surface area (Å²) in [6, 6.07) is 0.213. The highest BCUT2D eigenvalue weighted by Crippen LogP contribution is 2.37. The third-order valence-corrected chi connectivity index (χ3v) is 4.29. The van der Waals surface area contributed by atoms with E-state index in [9.17, 15) is 4.79 Å². The second-order valence-electron chi connectivity index (χ2n) is 4.91. The van der Waals surface area contributed by atoms with Crippen molar-refractivity contribution in [2.75, 3.05) is 25.2 Å². The number of hydrogen-bond donors (Lipinski definition) is 1. The van der Waals surface area contributed by atoms with Crippen molar-refractivity contribution >= 4 is 17.7 Å². The summed E-state index contributed by atoms with van der Waals surface area (Å²) in [7, 11) is 0. The van der Waals surface area contributed by atoms with Crippen LogP contribution in [0.25, 0.3) is 0 Å². The number of carbonyl (C=O) groups is 1. The molecular formula is C12H21NO3S. The van der Waals surface area contributed by atoms with E-state index in [4.69, 9.17) is 9.47 Å². The molecule has 2 aliphatic rings. The zero-order chi connectivity index (χ0) is 12.3. The first-order chi connectivity index (χ1) is 8.15. The second kappa shape index (κ2) is 5.59. The first-order valence-electron chi connectivity index (χ1n) is 6.22. The Bertz CT molecular complexity index is 279. The van der Waals surface area contributed by atoms with Crippen LogP contribution in [0.5, 0.6) is 0 Å². The number of hydrogen-bond acceptors (Lipinski definition) is 4. The van der Waals surface area contributed by atoms with Gasteiger partial charge in [0.05, 0.1) is 13.2 Å². The highest BCUT2D eigenvalue weighted by Gasteiger charge is 2.44. The first kappa shape index (κ1) is 13.2. The topological polar surface area (TPSA) is 47.6 Å². The van der Waals surface area contributed by atoms with Crippen molar-refractivity contribution in [2.45, 2.75) is 38.0 Å². The standard InChI is InChI=1S/C12H21NO3S/c1-9(8-17-2)11(14)13-10-3-4-12(7-10)15-5-6-16-12/h9-10H,3-8H2,1-2H3,(H,13,14)/t9-,10+/m0/s1. The largest absolute Gasteiger partial charge is 0.353 e. The SMILES string of the molecule is CSC[C@H](C)C(=O)N[C@@H]1CCC2(C1)OCCO2. The molecule has 1 aliphatic heterocycles. The Balaban J connectivity index is 1.79.